The third kappa shape index (κ3) is 4.66. The van der Waals surface area contributed by atoms with Crippen molar-refractivity contribution < 1.29 is 4.79 Å². The number of carbonyl (C=O) groups is 1. The van der Waals surface area contributed by atoms with E-state index in [1.165, 1.54) is 0 Å². The van der Waals surface area contributed by atoms with E-state index in [1.807, 2.05) is 0 Å². The molecule has 0 spiro atoms. The van der Waals surface area contributed by atoms with Crippen LogP contribution in [0.3, 0.4) is 0 Å². The molecular formula is C14H30N2O. The van der Waals surface area contributed by atoms with Crippen LogP contribution in [0.1, 0.15) is 66.2 Å². The first-order valence-electron chi connectivity index (χ1n) is 7.11. The highest BCUT2D eigenvalue weighted by Gasteiger charge is 2.35. The first-order valence-corrected chi connectivity index (χ1v) is 7.11. The minimum atomic E-state index is -0.341. The quantitative estimate of drug-likeness (QED) is 0.653. The number of nitrogens with one attached hydrogen (secondary N) is 1. The molecule has 0 aromatic carbocycles. The van der Waals surface area contributed by atoms with E-state index in [9.17, 15) is 4.79 Å². The lowest BCUT2D eigenvalue weighted by Gasteiger charge is -2.32. The summed E-state index contributed by atoms with van der Waals surface area (Å²) < 4.78 is 0. The number of amides is 1. The van der Waals surface area contributed by atoms with Gasteiger partial charge < -0.3 is 11.1 Å². The molecule has 0 heterocycles. The Labute approximate surface area is 107 Å². The van der Waals surface area contributed by atoms with E-state index in [0.29, 0.717) is 12.6 Å². The van der Waals surface area contributed by atoms with Crippen molar-refractivity contribution >= 4 is 5.91 Å². The standard InChI is InChI=1S/C14H30N2O/c1-5-9-14(11-15,10-6-2)13(17)16-12(7-3)8-4/h12H,5-11,15H2,1-4H3,(H,16,17). The van der Waals surface area contributed by atoms with Crippen LogP contribution in [0.4, 0.5) is 0 Å². The third-order valence-corrected chi connectivity index (χ3v) is 3.65. The van der Waals surface area contributed by atoms with E-state index in [1.54, 1.807) is 0 Å². The fourth-order valence-electron chi connectivity index (χ4n) is 2.44. The molecule has 0 atom stereocenters. The van der Waals surface area contributed by atoms with E-state index in [0.717, 1.165) is 38.5 Å². The smallest absolute Gasteiger partial charge is 0.227 e. The maximum absolute atomic E-state index is 12.4. The van der Waals surface area contributed by atoms with Gasteiger partial charge in [-0.15, -0.1) is 0 Å². The third-order valence-electron chi connectivity index (χ3n) is 3.65. The van der Waals surface area contributed by atoms with Crippen LogP contribution in [0.15, 0.2) is 0 Å². The summed E-state index contributed by atoms with van der Waals surface area (Å²) in [6.45, 7) is 8.91. The Morgan fingerprint density at radius 1 is 1.12 bits per heavy atom. The second-order valence-electron chi connectivity index (χ2n) is 4.97. The first-order chi connectivity index (χ1) is 8.10. The lowest BCUT2D eigenvalue weighted by Crippen LogP contribution is -2.49. The van der Waals surface area contributed by atoms with E-state index >= 15 is 0 Å². The van der Waals surface area contributed by atoms with E-state index in [2.05, 4.69) is 33.0 Å². The second kappa shape index (κ2) is 8.51. The topological polar surface area (TPSA) is 55.1 Å². The molecule has 1 amide bonds. The number of carbonyl (C=O) groups excluding carboxylic acids is 1. The molecule has 17 heavy (non-hydrogen) atoms. The summed E-state index contributed by atoms with van der Waals surface area (Å²) in [5.41, 5.74) is 5.54. The molecule has 0 aliphatic heterocycles. The van der Waals surface area contributed by atoms with Gasteiger partial charge in [-0.25, -0.2) is 0 Å². The molecule has 3 heteroatoms. The van der Waals surface area contributed by atoms with Gasteiger partial charge in [-0.3, -0.25) is 4.79 Å². The number of hydrogen-bond donors (Lipinski definition) is 2. The Hall–Kier alpha value is -0.570. The molecular weight excluding hydrogens is 212 g/mol. The maximum Gasteiger partial charge on any atom is 0.227 e. The van der Waals surface area contributed by atoms with Gasteiger partial charge in [0.15, 0.2) is 0 Å². The van der Waals surface area contributed by atoms with Gasteiger partial charge in [-0.2, -0.15) is 0 Å². The van der Waals surface area contributed by atoms with Crippen LogP contribution in [-0.2, 0) is 4.79 Å². The highest BCUT2D eigenvalue weighted by molar-refractivity contribution is 5.83. The Balaban J connectivity index is 4.71. The molecule has 0 rings (SSSR count). The second-order valence-corrected chi connectivity index (χ2v) is 4.97. The highest BCUT2D eigenvalue weighted by atomic mass is 16.2. The predicted molar refractivity (Wildman–Crippen MR) is 73.8 cm³/mol. The van der Waals surface area contributed by atoms with Gasteiger partial charge in [0.1, 0.15) is 0 Å². The molecule has 0 bridgehead atoms. The summed E-state index contributed by atoms with van der Waals surface area (Å²) in [4.78, 5) is 12.4. The number of hydrogen-bond acceptors (Lipinski definition) is 2. The van der Waals surface area contributed by atoms with Crippen LogP contribution in [0.25, 0.3) is 0 Å². The van der Waals surface area contributed by atoms with Gasteiger partial charge in [-0.1, -0.05) is 40.5 Å². The average molecular weight is 242 g/mol. The van der Waals surface area contributed by atoms with Crippen molar-refractivity contribution in [3.63, 3.8) is 0 Å². The lowest BCUT2D eigenvalue weighted by molar-refractivity contribution is -0.132. The summed E-state index contributed by atoms with van der Waals surface area (Å²) >= 11 is 0. The summed E-state index contributed by atoms with van der Waals surface area (Å²) in [7, 11) is 0. The number of rotatable bonds is 9. The van der Waals surface area contributed by atoms with Crippen LogP contribution >= 0.6 is 0 Å². The van der Waals surface area contributed by atoms with Crippen molar-refractivity contribution in [2.24, 2.45) is 11.1 Å². The van der Waals surface area contributed by atoms with Gasteiger partial charge in [0, 0.05) is 12.6 Å². The lowest BCUT2D eigenvalue weighted by atomic mass is 9.78. The minimum absolute atomic E-state index is 0.164. The molecule has 102 valence electrons. The van der Waals surface area contributed by atoms with Crippen molar-refractivity contribution in [3.8, 4) is 0 Å². The molecule has 0 aliphatic carbocycles. The normalized spacial score (nSPS) is 11.9. The van der Waals surface area contributed by atoms with Crippen molar-refractivity contribution in [2.75, 3.05) is 6.54 Å². The summed E-state index contributed by atoms with van der Waals surface area (Å²) in [5, 5.41) is 3.16. The van der Waals surface area contributed by atoms with Crippen LogP contribution in [0, 0.1) is 5.41 Å². The molecule has 0 aliphatic rings. The fourth-order valence-corrected chi connectivity index (χ4v) is 2.44. The molecule has 3 N–H and O–H groups in total. The zero-order valence-electron chi connectivity index (χ0n) is 12.0. The summed E-state index contributed by atoms with van der Waals surface area (Å²) in [6, 6.07) is 0.294. The minimum Gasteiger partial charge on any atom is -0.353 e. The van der Waals surface area contributed by atoms with Gasteiger partial charge >= 0.3 is 0 Å². The molecule has 0 fully saturated rings. The molecule has 0 aromatic heterocycles. The molecule has 0 saturated carbocycles. The van der Waals surface area contributed by atoms with Crippen LogP contribution in [-0.4, -0.2) is 18.5 Å². The van der Waals surface area contributed by atoms with Crippen LogP contribution < -0.4 is 11.1 Å². The van der Waals surface area contributed by atoms with Crippen LogP contribution in [0.2, 0.25) is 0 Å². The summed E-state index contributed by atoms with van der Waals surface area (Å²) in [5.74, 6) is 0.164. The van der Waals surface area contributed by atoms with Gasteiger partial charge in [0.25, 0.3) is 0 Å². The number of nitrogens with two attached hydrogens (primary N) is 1. The van der Waals surface area contributed by atoms with Gasteiger partial charge in [-0.05, 0) is 25.7 Å². The monoisotopic (exact) mass is 242 g/mol. The van der Waals surface area contributed by atoms with Gasteiger partial charge in [0.2, 0.25) is 5.91 Å². The largest absolute Gasteiger partial charge is 0.353 e. The van der Waals surface area contributed by atoms with Gasteiger partial charge in [0.05, 0.1) is 5.41 Å². The zero-order valence-corrected chi connectivity index (χ0v) is 12.0. The van der Waals surface area contributed by atoms with Crippen LogP contribution in [0.5, 0.6) is 0 Å². The highest BCUT2D eigenvalue weighted by Crippen LogP contribution is 2.29. The van der Waals surface area contributed by atoms with Crippen molar-refractivity contribution in [2.45, 2.75) is 72.3 Å². The average Bonchev–Trinajstić information content (AvgIpc) is 2.35. The predicted octanol–water partition coefficient (Wildman–Crippen LogP) is 2.84. The molecule has 0 unspecified atom stereocenters. The van der Waals surface area contributed by atoms with E-state index < -0.39 is 0 Å². The van der Waals surface area contributed by atoms with E-state index in [-0.39, 0.29) is 11.3 Å². The molecule has 0 saturated heterocycles. The molecule has 3 nitrogen and oxygen atoms in total. The first kappa shape index (κ1) is 16.4. The van der Waals surface area contributed by atoms with E-state index in [4.69, 9.17) is 5.73 Å². The zero-order chi connectivity index (χ0) is 13.3. The SMILES string of the molecule is CCCC(CN)(CCC)C(=O)NC(CC)CC. The fraction of sp³-hybridized carbons (Fsp3) is 0.929. The van der Waals surface area contributed by atoms with Crippen molar-refractivity contribution in [3.05, 3.63) is 0 Å². The Kier molecular flexibility index (Phi) is 8.23. The Morgan fingerprint density at radius 3 is 1.88 bits per heavy atom. The Bertz CT molecular complexity index is 206. The molecule has 0 radical (unpaired) electrons. The Morgan fingerprint density at radius 2 is 1.59 bits per heavy atom. The molecule has 0 aromatic rings. The van der Waals surface area contributed by atoms with Crippen molar-refractivity contribution in [1.29, 1.82) is 0 Å². The maximum atomic E-state index is 12.4. The van der Waals surface area contributed by atoms with Crippen molar-refractivity contribution in [1.82, 2.24) is 5.32 Å². The summed E-state index contributed by atoms with van der Waals surface area (Å²) in [6.07, 6.45) is 5.77.